The van der Waals surface area contributed by atoms with Gasteiger partial charge in [-0.15, -0.1) is 0 Å². The summed E-state index contributed by atoms with van der Waals surface area (Å²) in [5, 5.41) is 13.8. The highest BCUT2D eigenvalue weighted by Gasteiger charge is 2.17. The molecular formula is C22H21N3O4. The summed E-state index contributed by atoms with van der Waals surface area (Å²) in [5.74, 6) is -0.0969. The summed E-state index contributed by atoms with van der Waals surface area (Å²) >= 11 is 0. The van der Waals surface area contributed by atoms with Crippen LogP contribution in [-0.4, -0.2) is 15.8 Å². The molecule has 3 rings (SSSR count). The highest BCUT2D eigenvalue weighted by Crippen LogP contribution is 2.27. The maximum atomic E-state index is 12.7. The van der Waals surface area contributed by atoms with Crippen LogP contribution < -0.4 is 10.1 Å². The van der Waals surface area contributed by atoms with Crippen LogP contribution >= 0.6 is 0 Å². The lowest BCUT2D eigenvalue weighted by Gasteiger charge is -2.19. The Hall–Kier alpha value is -3.74. The van der Waals surface area contributed by atoms with Crippen molar-refractivity contribution in [1.29, 1.82) is 0 Å². The van der Waals surface area contributed by atoms with E-state index in [1.54, 1.807) is 18.2 Å². The van der Waals surface area contributed by atoms with Gasteiger partial charge in [0.25, 0.3) is 11.6 Å². The monoisotopic (exact) mass is 391 g/mol. The molecule has 0 radical (unpaired) electrons. The van der Waals surface area contributed by atoms with Crippen molar-refractivity contribution in [1.82, 2.24) is 4.98 Å². The van der Waals surface area contributed by atoms with E-state index in [0.717, 1.165) is 5.56 Å². The molecular weight excluding hydrogens is 370 g/mol. The Kier molecular flexibility index (Phi) is 5.59. The Bertz CT molecular complexity index is 1040. The summed E-state index contributed by atoms with van der Waals surface area (Å²) < 4.78 is 5.65. The lowest BCUT2D eigenvalue weighted by atomic mass is 9.87. The van der Waals surface area contributed by atoms with Gasteiger partial charge in [-0.3, -0.25) is 14.9 Å². The van der Waals surface area contributed by atoms with E-state index in [1.807, 2.05) is 24.3 Å². The third kappa shape index (κ3) is 4.95. The van der Waals surface area contributed by atoms with E-state index in [-0.39, 0.29) is 34.2 Å². The summed E-state index contributed by atoms with van der Waals surface area (Å²) in [5.41, 5.74) is 1.94. The third-order valence-corrected chi connectivity index (χ3v) is 4.27. The Labute approximate surface area is 168 Å². The first kappa shape index (κ1) is 20.0. The summed E-state index contributed by atoms with van der Waals surface area (Å²) in [6, 6.07) is 16.5. The van der Waals surface area contributed by atoms with Crippen LogP contribution in [0.4, 0.5) is 11.4 Å². The molecule has 1 N–H and O–H groups in total. The van der Waals surface area contributed by atoms with Crippen LogP contribution in [0.2, 0.25) is 0 Å². The van der Waals surface area contributed by atoms with Crippen LogP contribution in [0.1, 0.15) is 36.7 Å². The van der Waals surface area contributed by atoms with Gasteiger partial charge in [0.2, 0.25) is 5.88 Å². The van der Waals surface area contributed by atoms with Crippen LogP contribution in [0.3, 0.4) is 0 Å². The summed E-state index contributed by atoms with van der Waals surface area (Å²) in [4.78, 5) is 27.3. The van der Waals surface area contributed by atoms with Crippen LogP contribution in [0.25, 0.3) is 0 Å². The standard InChI is InChI=1S/C22H21N3O4/c1-22(2,3)15-9-11-16(12-10-15)24-20(26)19-8-5-13-23-21(19)29-18-7-4-6-17(14-18)25(27)28/h4-14H,1-3H3,(H,24,26). The highest BCUT2D eigenvalue weighted by atomic mass is 16.6. The van der Waals surface area contributed by atoms with Gasteiger partial charge >= 0.3 is 0 Å². The average molecular weight is 391 g/mol. The molecule has 7 nitrogen and oxygen atoms in total. The first-order valence-corrected chi connectivity index (χ1v) is 9.03. The van der Waals surface area contributed by atoms with Gasteiger partial charge in [0.05, 0.1) is 11.0 Å². The van der Waals surface area contributed by atoms with Crippen molar-refractivity contribution in [2.24, 2.45) is 0 Å². The molecule has 3 aromatic rings. The van der Waals surface area contributed by atoms with E-state index >= 15 is 0 Å². The maximum Gasteiger partial charge on any atom is 0.273 e. The highest BCUT2D eigenvalue weighted by molar-refractivity contribution is 6.05. The molecule has 7 heteroatoms. The Balaban J connectivity index is 1.80. The van der Waals surface area contributed by atoms with Gasteiger partial charge in [-0.05, 0) is 41.3 Å². The number of nitrogens with zero attached hydrogens (tertiary/aromatic N) is 2. The van der Waals surface area contributed by atoms with E-state index in [2.05, 4.69) is 31.1 Å². The fraction of sp³-hybridized carbons (Fsp3) is 0.182. The van der Waals surface area contributed by atoms with Crippen molar-refractivity contribution in [2.45, 2.75) is 26.2 Å². The number of rotatable bonds is 5. The molecule has 0 spiro atoms. The minimum absolute atomic E-state index is 0.0190. The number of nitro benzene ring substituents is 1. The summed E-state index contributed by atoms with van der Waals surface area (Å²) in [7, 11) is 0. The summed E-state index contributed by atoms with van der Waals surface area (Å²) in [6.07, 6.45) is 1.49. The quantitative estimate of drug-likeness (QED) is 0.468. The molecule has 0 bridgehead atoms. The normalized spacial score (nSPS) is 11.0. The number of nitrogens with one attached hydrogen (secondary N) is 1. The number of ether oxygens (including phenoxy) is 1. The SMILES string of the molecule is CC(C)(C)c1ccc(NC(=O)c2cccnc2Oc2cccc([N+](=O)[O-])c2)cc1. The van der Waals surface area contributed by atoms with Gasteiger partial charge in [0.1, 0.15) is 11.3 Å². The van der Waals surface area contributed by atoms with Gasteiger partial charge in [-0.2, -0.15) is 0 Å². The van der Waals surface area contributed by atoms with Crippen LogP contribution in [0.5, 0.6) is 11.6 Å². The number of amides is 1. The predicted molar refractivity (Wildman–Crippen MR) is 111 cm³/mol. The zero-order valence-corrected chi connectivity index (χ0v) is 16.4. The minimum Gasteiger partial charge on any atom is -0.438 e. The average Bonchev–Trinajstić information content (AvgIpc) is 2.68. The largest absolute Gasteiger partial charge is 0.438 e. The molecule has 29 heavy (non-hydrogen) atoms. The first-order valence-electron chi connectivity index (χ1n) is 9.03. The second kappa shape index (κ2) is 8.10. The zero-order valence-electron chi connectivity index (χ0n) is 16.4. The number of anilines is 1. The zero-order chi connectivity index (χ0) is 21.0. The second-order valence-corrected chi connectivity index (χ2v) is 7.49. The van der Waals surface area contributed by atoms with Crippen LogP contribution in [0.15, 0.2) is 66.9 Å². The Morgan fingerprint density at radius 1 is 1.07 bits per heavy atom. The lowest BCUT2D eigenvalue weighted by Crippen LogP contribution is -2.14. The van der Waals surface area contributed by atoms with Crippen LogP contribution in [0, 0.1) is 10.1 Å². The molecule has 0 aliphatic carbocycles. The molecule has 1 aromatic heterocycles. The number of benzene rings is 2. The molecule has 0 fully saturated rings. The van der Waals surface area contributed by atoms with Crippen LogP contribution in [-0.2, 0) is 5.41 Å². The van der Waals surface area contributed by atoms with Crippen molar-refractivity contribution < 1.29 is 14.5 Å². The van der Waals surface area contributed by atoms with Gasteiger partial charge in [0, 0.05) is 18.0 Å². The maximum absolute atomic E-state index is 12.7. The van der Waals surface area contributed by atoms with Crippen molar-refractivity contribution in [2.75, 3.05) is 5.32 Å². The third-order valence-electron chi connectivity index (χ3n) is 4.27. The number of aromatic nitrogens is 1. The Morgan fingerprint density at radius 3 is 2.45 bits per heavy atom. The molecule has 148 valence electrons. The number of carbonyl (C=O) groups is 1. The van der Waals surface area contributed by atoms with E-state index in [4.69, 9.17) is 4.74 Å². The first-order chi connectivity index (χ1) is 13.7. The fourth-order valence-electron chi connectivity index (χ4n) is 2.67. The topological polar surface area (TPSA) is 94.4 Å². The molecule has 1 heterocycles. The molecule has 0 saturated heterocycles. The molecule has 0 unspecified atom stereocenters. The van der Waals surface area contributed by atoms with Crippen molar-refractivity contribution in [3.8, 4) is 11.6 Å². The molecule has 0 aliphatic rings. The molecule has 0 atom stereocenters. The predicted octanol–water partition coefficient (Wildman–Crippen LogP) is 5.33. The van der Waals surface area contributed by atoms with Crippen molar-refractivity contribution in [3.05, 3.63) is 88.1 Å². The minimum atomic E-state index is -0.514. The number of carbonyl (C=O) groups excluding carboxylic acids is 1. The van der Waals surface area contributed by atoms with Crippen molar-refractivity contribution >= 4 is 17.3 Å². The summed E-state index contributed by atoms with van der Waals surface area (Å²) in [6.45, 7) is 6.36. The Morgan fingerprint density at radius 2 is 1.79 bits per heavy atom. The smallest absolute Gasteiger partial charge is 0.273 e. The molecule has 0 aliphatic heterocycles. The number of nitro groups is 1. The number of non-ortho nitro benzene ring substituents is 1. The fourth-order valence-corrected chi connectivity index (χ4v) is 2.67. The number of hydrogen-bond donors (Lipinski definition) is 1. The number of hydrogen-bond acceptors (Lipinski definition) is 5. The van der Waals surface area contributed by atoms with Gasteiger partial charge in [-0.1, -0.05) is 39.0 Å². The van der Waals surface area contributed by atoms with E-state index < -0.39 is 4.92 Å². The van der Waals surface area contributed by atoms with Gasteiger partial charge < -0.3 is 10.1 Å². The van der Waals surface area contributed by atoms with E-state index in [1.165, 1.54) is 24.4 Å². The second-order valence-electron chi connectivity index (χ2n) is 7.49. The molecule has 0 saturated carbocycles. The number of pyridine rings is 1. The molecule has 2 aromatic carbocycles. The molecule has 1 amide bonds. The van der Waals surface area contributed by atoms with Crippen molar-refractivity contribution in [3.63, 3.8) is 0 Å². The van der Waals surface area contributed by atoms with Gasteiger partial charge in [0.15, 0.2) is 0 Å². The van der Waals surface area contributed by atoms with E-state index in [0.29, 0.717) is 5.69 Å². The van der Waals surface area contributed by atoms with E-state index in [9.17, 15) is 14.9 Å². The lowest BCUT2D eigenvalue weighted by molar-refractivity contribution is -0.384. The van der Waals surface area contributed by atoms with Gasteiger partial charge in [-0.25, -0.2) is 4.98 Å².